The highest BCUT2D eigenvalue weighted by atomic mass is 32.2. The van der Waals surface area contributed by atoms with Gasteiger partial charge in [-0.25, -0.2) is 0 Å². The van der Waals surface area contributed by atoms with Crippen molar-refractivity contribution in [2.75, 3.05) is 5.75 Å². The van der Waals surface area contributed by atoms with Gasteiger partial charge in [0.2, 0.25) is 0 Å². The lowest BCUT2D eigenvalue weighted by Gasteiger charge is -2.22. The van der Waals surface area contributed by atoms with Gasteiger partial charge in [-0.05, 0) is 60.9 Å². The molecule has 3 heteroatoms. The summed E-state index contributed by atoms with van der Waals surface area (Å²) in [6.07, 6.45) is 11.9. The second-order valence-electron chi connectivity index (χ2n) is 6.77. The second-order valence-corrected chi connectivity index (χ2v) is 7.86. The highest BCUT2D eigenvalue weighted by Crippen LogP contribution is 2.33. The molecule has 3 rings (SSSR count). The summed E-state index contributed by atoms with van der Waals surface area (Å²) in [5, 5.41) is 10.2. The molecule has 0 bridgehead atoms. The molecular weight excluding hydrogens is 314 g/mol. The normalized spacial score (nSPS) is 16.9. The van der Waals surface area contributed by atoms with Gasteiger partial charge in [0.1, 0.15) is 0 Å². The van der Waals surface area contributed by atoms with Crippen molar-refractivity contribution in [1.82, 2.24) is 4.98 Å². The number of thioether (sulfide) groups is 1. The Morgan fingerprint density at radius 2 is 1.88 bits per heavy atom. The lowest BCUT2D eigenvalue weighted by molar-refractivity contribution is 0.189. The zero-order chi connectivity index (χ0) is 16.6. The fraction of sp³-hybridized carbons (Fsp3) is 0.476. The Kier molecular flexibility index (Phi) is 6.74. The Morgan fingerprint density at radius 3 is 2.58 bits per heavy atom. The van der Waals surface area contributed by atoms with E-state index in [-0.39, 0.29) is 6.10 Å². The van der Waals surface area contributed by atoms with Crippen LogP contribution < -0.4 is 0 Å². The summed E-state index contributed by atoms with van der Waals surface area (Å²) in [7, 11) is 0. The van der Waals surface area contributed by atoms with Gasteiger partial charge in [0, 0.05) is 23.0 Å². The lowest BCUT2D eigenvalue weighted by atomic mass is 9.84. The van der Waals surface area contributed by atoms with Crippen LogP contribution in [0, 0.1) is 0 Å². The number of hydrogen-bond donors (Lipinski definition) is 1. The molecule has 0 saturated heterocycles. The molecule has 1 N–H and O–H groups in total. The van der Waals surface area contributed by atoms with Crippen LogP contribution in [0.1, 0.15) is 55.6 Å². The number of aryl methyl sites for hydroxylation is 1. The first-order chi connectivity index (χ1) is 11.8. The molecule has 0 amide bonds. The van der Waals surface area contributed by atoms with E-state index in [9.17, 15) is 5.11 Å². The van der Waals surface area contributed by atoms with Crippen LogP contribution >= 0.6 is 11.8 Å². The molecule has 1 saturated carbocycles. The van der Waals surface area contributed by atoms with E-state index in [0.717, 1.165) is 24.5 Å². The maximum atomic E-state index is 10.2. The molecule has 128 valence electrons. The zero-order valence-electron chi connectivity index (χ0n) is 14.2. The summed E-state index contributed by atoms with van der Waals surface area (Å²) in [4.78, 5) is 5.38. The van der Waals surface area contributed by atoms with Crippen molar-refractivity contribution < 1.29 is 5.11 Å². The van der Waals surface area contributed by atoms with Gasteiger partial charge in [0.25, 0.3) is 0 Å². The SMILES string of the molecule is OC(CCc1cccnc1)CSc1ccc(C2CCCCC2)cc1. The minimum absolute atomic E-state index is 0.270. The van der Waals surface area contributed by atoms with Crippen molar-refractivity contribution in [2.45, 2.75) is 61.9 Å². The predicted molar refractivity (Wildman–Crippen MR) is 102 cm³/mol. The number of hydrogen-bond acceptors (Lipinski definition) is 3. The van der Waals surface area contributed by atoms with Crippen LogP contribution in [-0.4, -0.2) is 21.9 Å². The third-order valence-electron chi connectivity index (χ3n) is 4.89. The van der Waals surface area contributed by atoms with Crippen LogP contribution in [-0.2, 0) is 6.42 Å². The zero-order valence-corrected chi connectivity index (χ0v) is 15.0. The number of benzene rings is 1. The Balaban J connectivity index is 1.42. The number of aliphatic hydroxyl groups excluding tert-OH is 1. The average molecular weight is 342 g/mol. The van der Waals surface area contributed by atoms with Gasteiger partial charge in [-0.1, -0.05) is 37.5 Å². The Hall–Kier alpha value is -1.32. The molecule has 1 atom stereocenters. The van der Waals surface area contributed by atoms with Crippen molar-refractivity contribution in [3.63, 3.8) is 0 Å². The molecule has 1 unspecified atom stereocenters. The van der Waals surface area contributed by atoms with Crippen LogP contribution in [0.25, 0.3) is 0 Å². The van der Waals surface area contributed by atoms with Crippen molar-refractivity contribution in [3.8, 4) is 0 Å². The molecule has 1 aliphatic carbocycles. The minimum atomic E-state index is -0.270. The fourth-order valence-corrected chi connectivity index (χ4v) is 4.31. The number of nitrogens with zero attached hydrogens (tertiary/aromatic N) is 1. The molecule has 1 aliphatic rings. The standard InChI is InChI=1S/C21H27NOS/c23-20(11-8-17-5-4-14-22-15-17)16-24-21-12-9-19(10-13-21)18-6-2-1-3-7-18/h4-5,9-10,12-15,18,20,23H,1-3,6-8,11,16H2. The second kappa shape index (κ2) is 9.24. The minimum Gasteiger partial charge on any atom is -0.392 e. The molecule has 2 nitrogen and oxygen atoms in total. The largest absolute Gasteiger partial charge is 0.392 e. The summed E-state index contributed by atoms with van der Waals surface area (Å²) in [5.74, 6) is 1.52. The summed E-state index contributed by atoms with van der Waals surface area (Å²) in [6, 6.07) is 13.0. The molecule has 0 radical (unpaired) electrons. The van der Waals surface area contributed by atoms with Crippen molar-refractivity contribution in [1.29, 1.82) is 0 Å². The first-order valence-corrected chi connectivity index (χ1v) is 10.1. The van der Waals surface area contributed by atoms with Crippen LogP contribution in [0.15, 0.2) is 53.7 Å². The van der Waals surface area contributed by atoms with Gasteiger partial charge < -0.3 is 5.11 Å². The lowest BCUT2D eigenvalue weighted by Crippen LogP contribution is -2.11. The number of rotatable bonds is 7. The monoisotopic (exact) mass is 341 g/mol. The molecular formula is C21H27NOS. The molecule has 1 aromatic carbocycles. The third kappa shape index (κ3) is 5.35. The number of aromatic nitrogens is 1. The topological polar surface area (TPSA) is 33.1 Å². The van der Waals surface area contributed by atoms with E-state index in [1.807, 2.05) is 12.3 Å². The van der Waals surface area contributed by atoms with Crippen LogP contribution in [0.5, 0.6) is 0 Å². The first kappa shape index (κ1) is 17.5. The molecule has 1 aromatic heterocycles. The van der Waals surface area contributed by atoms with E-state index < -0.39 is 0 Å². The van der Waals surface area contributed by atoms with Crippen LogP contribution in [0.4, 0.5) is 0 Å². The summed E-state index contributed by atoms with van der Waals surface area (Å²) in [5.41, 5.74) is 2.69. The Bertz CT molecular complexity index is 593. The maximum absolute atomic E-state index is 10.2. The molecule has 0 aliphatic heterocycles. The fourth-order valence-electron chi connectivity index (χ4n) is 3.43. The third-order valence-corrected chi connectivity index (χ3v) is 6.05. The molecule has 2 aromatic rings. The summed E-state index contributed by atoms with van der Waals surface area (Å²) < 4.78 is 0. The van der Waals surface area contributed by atoms with Gasteiger partial charge in [-0.3, -0.25) is 4.98 Å². The highest BCUT2D eigenvalue weighted by molar-refractivity contribution is 7.99. The van der Waals surface area contributed by atoms with Gasteiger partial charge in [0.05, 0.1) is 6.10 Å². The summed E-state index contributed by atoms with van der Waals surface area (Å²) >= 11 is 1.75. The van der Waals surface area contributed by atoms with Crippen molar-refractivity contribution >= 4 is 11.8 Å². The van der Waals surface area contributed by atoms with E-state index in [1.165, 1.54) is 48.1 Å². The number of pyridine rings is 1. The predicted octanol–water partition coefficient (Wildman–Crippen LogP) is 5.22. The molecule has 1 heterocycles. The van der Waals surface area contributed by atoms with E-state index in [1.54, 1.807) is 18.0 Å². The van der Waals surface area contributed by atoms with E-state index >= 15 is 0 Å². The Labute approximate surface area is 149 Å². The van der Waals surface area contributed by atoms with Gasteiger partial charge in [0.15, 0.2) is 0 Å². The van der Waals surface area contributed by atoms with E-state index in [2.05, 4.69) is 35.3 Å². The maximum Gasteiger partial charge on any atom is 0.0637 e. The van der Waals surface area contributed by atoms with Crippen LogP contribution in [0.3, 0.4) is 0 Å². The van der Waals surface area contributed by atoms with Crippen molar-refractivity contribution in [3.05, 3.63) is 59.9 Å². The smallest absolute Gasteiger partial charge is 0.0637 e. The van der Waals surface area contributed by atoms with E-state index in [0.29, 0.717) is 0 Å². The van der Waals surface area contributed by atoms with E-state index in [4.69, 9.17) is 0 Å². The van der Waals surface area contributed by atoms with Crippen molar-refractivity contribution in [2.24, 2.45) is 0 Å². The Morgan fingerprint density at radius 1 is 1.08 bits per heavy atom. The van der Waals surface area contributed by atoms with Gasteiger partial charge in [-0.2, -0.15) is 0 Å². The summed E-state index contributed by atoms with van der Waals surface area (Å²) in [6.45, 7) is 0. The average Bonchev–Trinajstić information content (AvgIpc) is 2.67. The van der Waals surface area contributed by atoms with Crippen LogP contribution in [0.2, 0.25) is 0 Å². The van der Waals surface area contributed by atoms with Gasteiger partial charge in [-0.15, -0.1) is 11.8 Å². The number of aliphatic hydroxyl groups is 1. The molecule has 0 spiro atoms. The quantitative estimate of drug-likeness (QED) is 0.701. The molecule has 24 heavy (non-hydrogen) atoms. The van der Waals surface area contributed by atoms with Gasteiger partial charge >= 0.3 is 0 Å². The first-order valence-electron chi connectivity index (χ1n) is 9.11. The molecule has 1 fully saturated rings. The highest BCUT2D eigenvalue weighted by Gasteiger charge is 2.15.